The smallest absolute Gasteiger partial charge is 0.0725 e. The van der Waals surface area contributed by atoms with Gasteiger partial charge in [0.15, 0.2) is 0 Å². The molecule has 0 unspecified atom stereocenters. The summed E-state index contributed by atoms with van der Waals surface area (Å²) in [6.07, 6.45) is 18.8. The predicted molar refractivity (Wildman–Crippen MR) is 134 cm³/mol. The maximum absolute atomic E-state index is 3.27. The molecule has 6 rings (SSSR count). The standard InChI is InChI=1S/C27H18.2C2H6/c1-3-11-19-20-12-4-2-6-16-24(20)27(23(19)15-5-1)25-17-9-7-13-21(25)22-14-8-10-18-26(22)27;2*1-2/h3-18H,1H2;2*1-2H3. The van der Waals surface area contributed by atoms with Gasteiger partial charge in [0.25, 0.3) is 0 Å². The summed E-state index contributed by atoms with van der Waals surface area (Å²) in [7, 11) is 0. The van der Waals surface area contributed by atoms with E-state index < -0.39 is 0 Å². The van der Waals surface area contributed by atoms with E-state index in [1.165, 1.54) is 44.5 Å². The Bertz CT molecular complexity index is 1170. The maximum atomic E-state index is 3.27. The summed E-state index contributed by atoms with van der Waals surface area (Å²) < 4.78 is 0. The molecule has 0 radical (unpaired) electrons. The van der Waals surface area contributed by atoms with Crippen LogP contribution >= 0.6 is 0 Å². The summed E-state index contributed by atoms with van der Waals surface area (Å²) in [5, 5.41) is 0. The van der Waals surface area contributed by atoms with Gasteiger partial charge in [-0.25, -0.2) is 0 Å². The van der Waals surface area contributed by atoms with E-state index >= 15 is 0 Å². The fourth-order valence-corrected chi connectivity index (χ4v) is 5.21. The van der Waals surface area contributed by atoms with Crippen LogP contribution in [0.5, 0.6) is 0 Å². The molecule has 0 N–H and O–H groups in total. The Morgan fingerprint density at radius 1 is 0.710 bits per heavy atom. The molecule has 4 aliphatic rings. The maximum Gasteiger partial charge on any atom is 0.0725 e. The Morgan fingerprint density at radius 3 is 1.97 bits per heavy atom. The van der Waals surface area contributed by atoms with Crippen molar-refractivity contribution in [3.63, 3.8) is 0 Å². The van der Waals surface area contributed by atoms with Crippen LogP contribution in [0.25, 0.3) is 11.1 Å². The summed E-state index contributed by atoms with van der Waals surface area (Å²) in [4.78, 5) is 0. The van der Waals surface area contributed by atoms with Gasteiger partial charge in [0.2, 0.25) is 0 Å². The van der Waals surface area contributed by atoms with Gasteiger partial charge in [0.1, 0.15) is 0 Å². The lowest BCUT2D eigenvalue weighted by Crippen LogP contribution is -2.27. The van der Waals surface area contributed by atoms with Crippen LogP contribution in [0.1, 0.15) is 45.2 Å². The largest absolute Gasteiger partial charge is 0.121 e. The molecular weight excluding hydrogens is 372 g/mol. The van der Waals surface area contributed by atoms with Crippen molar-refractivity contribution in [3.8, 4) is 11.1 Å². The Morgan fingerprint density at radius 2 is 1.29 bits per heavy atom. The minimum atomic E-state index is -0.240. The molecule has 0 aromatic heterocycles. The van der Waals surface area contributed by atoms with Crippen molar-refractivity contribution < 1.29 is 0 Å². The lowest BCUT2D eigenvalue weighted by Gasteiger charge is -2.32. The molecule has 4 aliphatic carbocycles. The van der Waals surface area contributed by atoms with Crippen molar-refractivity contribution >= 4 is 0 Å². The molecule has 0 amide bonds. The van der Waals surface area contributed by atoms with Crippen LogP contribution in [0, 0.1) is 0 Å². The number of hydrogen-bond donors (Lipinski definition) is 0. The van der Waals surface area contributed by atoms with E-state index in [0.717, 1.165) is 6.42 Å². The predicted octanol–water partition coefficient (Wildman–Crippen LogP) is 8.41. The number of hydrogen-bond acceptors (Lipinski definition) is 0. The molecule has 2 aromatic rings. The molecule has 0 heteroatoms. The minimum Gasteiger partial charge on any atom is -0.121 e. The van der Waals surface area contributed by atoms with Crippen LogP contribution < -0.4 is 0 Å². The van der Waals surface area contributed by atoms with E-state index in [-0.39, 0.29) is 5.41 Å². The van der Waals surface area contributed by atoms with Crippen LogP contribution in [-0.4, -0.2) is 0 Å². The Kier molecular flexibility index (Phi) is 5.94. The molecular formula is C31H30. The topological polar surface area (TPSA) is 0 Å². The van der Waals surface area contributed by atoms with Gasteiger partial charge in [-0.3, -0.25) is 0 Å². The monoisotopic (exact) mass is 402 g/mol. The van der Waals surface area contributed by atoms with Gasteiger partial charge in [-0.1, -0.05) is 101 Å². The van der Waals surface area contributed by atoms with Crippen molar-refractivity contribution in [2.75, 3.05) is 0 Å². The molecule has 0 fully saturated rings. The van der Waals surface area contributed by atoms with E-state index in [4.69, 9.17) is 0 Å². The lowest BCUT2D eigenvalue weighted by atomic mass is 9.69. The Balaban J connectivity index is 0.000000549. The number of allylic oxidation sites excluding steroid dienone is 11. The Hall–Kier alpha value is -3.34. The Labute approximate surface area is 187 Å². The zero-order valence-electron chi connectivity index (χ0n) is 18.9. The average molecular weight is 403 g/mol. The number of rotatable bonds is 0. The normalized spacial score (nSPS) is 17.7. The second kappa shape index (κ2) is 8.80. The fourth-order valence-electron chi connectivity index (χ4n) is 5.21. The molecule has 0 heterocycles. The van der Waals surface area contributed by atoms with Crippen molar-refractivity contribution in [1.82, 2.24) is 0 Å². The number of fused-ring (bicyclic) bond motifs is 9. The first-order valence-electron chi connectivity index (χ1n) is 11.5. The average Bonchev–Trinajstić information content (AvgIpc) is 3.05. The first kappa shape index (κ1) is 20.9. The van der Waals surface area contributed by atoms with Crippen molar-refractivity contribution in [2.45, 2.75) is 39.5 Å². The first-order valence-corrected chi connectivity index (χ1v) is 11.5. The van der Waals surface area contributed by atoms with Crippen LogP contribution in [0.3, 0.4) is 0 Å². The van der Waals surface area contributed by atoms with E-state index in [2.05, 4.69) is 96.8 Å². The summed E-state index contributed by atoms with van der Waals surface area (Å²) in [5.41, 5.74) is 13.9. The van der Waals surface area contributed by atoms with E-state index in [1.54, 1.807) is 0 Å². The highest BCUT2D eigenvalue weighted by atomic mass is 14.5. The van der Waals surface area contributed by atoms with Crippen molar-refractivity contribution in [1.29, 1.82) is 0 Å². The van der Waals surface area contributed by atoms with Crippen LogP contribution in [0.15, 0.2) is 125 Å². The third-order valence-corrected chi connectivity index (χ3v) is 6.16. The van der Waals surface area contributed by atoms with E-state index in [1.807, 2.05) is 33.8 Å². The molecule has 1 spiro atoms. The van der Waals surface area contributed by atoms with Crippen LogP contribution in [0.2, 0.25) is 0 Å². The fraction of sp³-hybridized carbons (Fsp3) is 0.194. The second-order valence-electron chi connectivity index (χ2n) is 7.37. The van der Waals surface area contributed by atoms with Gasteiger partial charge in [-0.05, 0) is 75.3 Å². The van der Waals surface area contributed by atoms with Gasteiger partial charge >= 0.3 is 0 Å². The molecule has 0 saturated heterocycles. The van der Waals surface area contributed by atoms with Gasteiger partial charge in [0, 0.05) is 0 Å². The zero-order valence-corrected chi connectivity index (χ0v) is 18.9. The van der Waals surface area contributed by atoms with Gasteiger partial charge in [0.05, 0.1) is 5.41 Å². The molecule has 154 valence electrons. The molecule has 0 nitrogen and oxygen atoms in total. The number of benzene rings is 2. The second-order valence-corrected chi connectivity index (χ2v) is 7.37. The van der Waals surface area contributed by atoms with Gasteiger partial charge in [-0.15, -0.1) is 5.73 Å². The summed E-state index contributed by atoms with van der Waals surface area (Å²) in [6.45, 7) is 8.00. The molecule has 0 atom stereocenters. The van der Waals surface area contributed by atoms with Gasteiger partial charge < -0.3 is 0 Å². The summed E-state index contributed by atoms with van der Waals surface area (Å²) in [5.74, 6) is 0. The van der Waals surface area contributed by atoms with Crippen molar-refractivity contribution in [2.24, 2.45) is 0 Å². The highest BCUT2D eigenvalue weighted by Gasteiger charge is 2.53. The van der Waals surface area contributed by atoms with Crippen molar-refractivity contribution in [3.05, 3.63) is 136 Å². The molecule has 2 aromatic carbocycles. The highest BCUT2D eigenvalue weighted by Crippen LogP contribution is 2.63. The van der Waals surface area contributed by atoms with Crippen LogP contribution in [-0.2, 0) is 5.41 Å². The SMILES string of the molecule is C1=CC=C2C(=CC=1)C1(C3=C2C=CCC=C3)c2ccccc2-c2ccccc21.CC.CC. The third-order valence-electron chi connectivity index (χ3n) is 6.16. The van der Waals surface area contributed by atoms with Crippen LogP contribution in [0.4, 0.5) is 0 Å². The van der Waals surface area contributed by atoms with E-state index in [0.29, 0.717) is 0 Å². The quantitative estimate of drug-likeness (QED) is 0.388. The molecule has 0 bridgehead atoms. The minimum absolute atomic E-state index is 0.240. The summed E-state index contributed by atoms with van der Waals surface area (Å²) in [6, 6.07) is 17.8. The van der Waals surface area contributed by atoms with E-state index in [9.17, 15) is 0 Å². The zero-order chi connectivity index (χ0) is 21.8. The van der Waals surface area contributed by atoms with Gasteiger partial charge in [-0.2, -0.15) is 0 Å². The molecule has 0 aliphatic heterocycles. The highest BCUT2D eigenvalue weighted by molar-refractivity contribution is 5.92. The molecule has 0 saturated carbocycles. The first-order chi connectivity index (χ1) is 15.4. The molecule has 31 heavy (non-hydrogen) atoms. The third kappa shape index (κ3) is 2.91. The lowest BCUT2D eigenvalue weighted by molar-refractivity contribution is 0.783. The summed E-state index contributed by atoms with van der Waals surface area (Å²) >= 11 is 0.